The second kappa shape index (κ2) is 8.56. The van der Waals surface area contributed by atoms with Gasteiger partial charge in [0.25, 0.3) is 5.69 Å². The van der Waals surface area contributed by atoms with Gasteiger partial charge in [-0.15, -0.1) is 10.2 Å². The molecule has 0 amide bonds. The fraction of sp³-hybridized carbons (Fsp3) is 0.125. The number of hydrogen-bond acceptors (Lipinski definition) is 6. The zero-order valence-electron chi connectivity index (χ0n) is 14.2. The van der Waals surface area contributed by atoms with Gasteiger partial charge in [-0.1, -0.05) is 11.6 Å². The van der Waals surface area contributed by atoms with Crippen LogP contribution in [-0.2, 0) is 13.6 Å². The third kappa shape index (κ3) is 4.78. The summed E-state index contributed by atoms with van der Waals surface area (Å²) in [5.74, 6) is 0.337. The van der Waals surface area contributed by atoms with Crippen LogP contribution >= 0.6 is 11.6 Å². The number of halogens is 2. The Kier molecular flexibility index (Phi) is 6.43. The predicted octanol–water partition coefficient (Wildman–Crippen LogP) is 0.319. The van der Waals surface area contributed by atoms with Gasteiger partial charge in [-0.3, -0.25) is 10.1 Å². The van der Waals surface area contributed by atoms with Crippen LogP contribution in [0.5, 0.6) is 0 Å². The van der Waals surface area contributed by atoms with Gasteiger partial charge in [0.2, 0.25) is 0 Å². The number of nitrogen functional groups attached to an aromatic ring is 1. The number of aryl methyl sites for hydroxylation is 1. The molecule has 2 heterocycles. The van der Waals surface area contributed by atoms with E-state index in [2.05, 4.69) is 15.3 Å². The van der Waals surface area contributed by atoms with E-state index in [0.717, 1.165) is 5.56 Å². The Morgan fingerprint density at radius 1 is 1.26 bits per heavy atom. The summed E-state index contributed by atoms with van der Waals surface area (Å²) in [5, 5.41) is 23.3. The summed E-state index contributed by atoms with van der Waals surface area (Å²) in [5.41, 5.74) is 7.51. The third-order valence-corrected chi connectivity index (χ3v) is 3.97. The van der Waals surface area contributed by atoms with Gasteiger partial charge in [0.15, 0.2) is 12.4 Å². The highest BCUT2D eigenvalue weighted by Gasteiger charge is 2.11. The molecular formula is C16H15Cl2N7O2. The van der Waals surface area contributed by atoms with Crippen molar-refractivity contribution in [1.82, 2.24) is 9.78 Å². The summed E-state index contributed by atoms with van der Waals surface area (Å²) >= 11 is 6.00. The number of non-ortho nitro benzene ring substituents is 1. The summed E-state index contributed by atoms with van der Waals surface area (Å²) in [6, 6.07) is 7.87. The first kappa shape index (κ1) is 20.3. The quantitative estimate of drug-likeness (QED) is 0.283. The molecule has 0 spiro atoms. The predicted molar refractivity (Wildman–Crippen MR) is 95.6 cm³/mol. The summed E-state index contributed by atoms with van der Waals surface area (Å²) < 4.78 is 3.52. The Balaban J connectivity index is 0.00000261. The van der Waals surface area contributed by atoms with Crippen molar-refractivity contribution in [3.05, 3.63) is 69.6 Å². The highest BCUT2D eigenvalue weighted by atomic mass is 35.5. The molecule has 0 aliphatic rings. The van der Waals surface area contributed by atoms with E-state index >= 15 is 0 Å². The van der Waals surface area contributed by atoms with Crippen molar-refractivity contribution >= 4 is 34.5 Å². The molecular weight excluding hydrogens is 393 g/mol. The lowest BCUT2D eigenvalue weighted by atomic mass is 10.3. The van der Waals surface area contributed by atoms with Crippen LogP contribution in [0.3, 0.4) is 0 Å². The van der Waals surface area contributed by atoms with Gasteiger partial charge in [0.05, 0.1) is 22.7 Å². The van der Waals surface area contributed by atoms with E-state index in [0.29, 0.717) is 18.1 Å². The van der Waals surface area contributed by atoms with Gasteiger partial charge < -0.3 is 18.1 Å². The highest BCUT2D eigenvalue weighted by Crippen LogP contribution is 2.31. The van der Waals surface area contributed by atoms with Crippen molar-refractivity contribution in [2.24, 2.45) is 17.3 Å². The van der Waals surface area contributed by atoms with Crippen LogP contribution in [-0.4, -0.2) is 14.7 Å². The van der Waals surface area contributed by atoms with E-state index in [9.17, 15) is 10.1 Å². The van der Waals surface area contributed by atoms with E-state index in [1.165, 1.54) is 24.4 Å². The van der Waals surface area contributed by atoms with Crippen LogP contribution in [0.25, 0.3) is 0 Å². The highest BCUT2D eigenvalue weighted by molar-refractivity contribution is 6.33. The molecule has 140 valence electrons. The maximum Gasteiger partial charge on any atom is 0.271 e. The normalized spacial score (nSPS) is 10.7. The Hall–Kier alpha value is -3.04. The molecule has 3 aromatic rings. The number of pyridine rings is 1. The first-order valence-electron chi connectivity index (χ1n) is 7.55. The molecule has 0 fully saturated rings. The van der Waals surface area contributed by atoms with E-state index in [1.54, 1.807) is 4.68 Å². The Morgan fingerprint density at radius 2 is 1.93 bits per heavy atom. The minimum Gasteiger partial charge on any atom is -1.00 e. The topological polar surface area (TPSA) is 116 Å². The average Bonchev–Trinajstić information content (AvgIpc) is 2.96. The van der Waals surface area contributed by atoms with Crippen molar-refractivity contribution in [2.45, 2.75) is 6.54 Å². The standard InChI is InChI=1S/C16H15ClN7O2.ClH/c1-22-6-4-11(5-7-22)10-23-16(18)15(9-19-23)21-20-14-8-12(24(25)26)2-3-13(14)17;/h2-9H,10,18H2,1H3;1H/q+1;/p-1. The lowest BCUT2D eigenvalue weighted by molar-refractivity contribution is -0.671. The average molecular weight is 408 g/mol. The maximum absolute atomic E-state index is 10.8. The van der Waals surface area contributed by atoms with Gasteiger partial charge in [0.1, 0.15) is 24.2 Å². The van der Waals surface area contributed by atoms with E-state index < -0.39 is 4.92 Å². The van der Waals surface area contributed by atoms with Crippen LogP contribution in [0, 0.1) is 10.1 Å². The summed E-state index contributed by atoms with van der Waals surface area (Å²) in [4.78, 5) is 10.3. The minimum absolute atomic E-state index is 0. The molecule has 0 saturated heterocycles. The van der Waals surface area contributed by atoms with Gasteiger partial charge >= 0.3 is 0 Å². The number of nitrogens with zero attached hydrogens (tertiary/aromatic N) is 6. The second-order valence-electron chi connectivity index (χ2n) is 5.54. The molecule has 0 saturated carbocycles. The van der Waals surface area contributed by atoms with Crippen LogP contribution in [0.1, 0.15) is 5.56 Å². The lowest BCUT2D eigenvalue weighted by Gasteiger charge is -2.03. The van der Waals surface area contributed by atoms with Gasteiger partial charge in [0, 0.05) is 24.3 Å². The fourth-order valence-electron chi connectivity index (χ4n) is 2.20. The largest absolute Gasteiger partial charge is 1.00 e. The van der Waals surface area contributed by atoms with Crippen molar-refractivity contribution in [3.63, 3.8) is 0 Å². The molecule has 2 aromatic heterocycles. The monoisotopic (exact) mass is 407 g/mol. The number of anilines is 1. The van der Waals surface area contributed by atoms with E-state index in [4.69, 9.17) is 17.3 Å². The zero-order valence-corrected chi connectivity index (χ0v) is 15.7. The van der Waals surface area contributed by atoms with Crippen molar-refractivity contribution in [2.75, 3.05) is 5.73 Å². The first-order valence-corrected chi connectivity index (χ1v) is 7.93. The van der Waals surface area contributed by atoms with Gasteiger partial charge in [-0.2, -0.15) is 5.10 Å². The number of azo groups is 1. The van der Waals surface area contributed by atoms with E-state index in [-0.39, 0.29) is 28.8 Å². The number of nitrogens with two attached hydrogens (primary N) is 1. The van der Waals surface area contributed by atoms with Crippen LogP contribution in [0.15, 0.2) is 59.2 Å². The molecule has 11 heteroatoms. The number of nitro benzene ring substituents is 1. The Bertz CT molecular complexity index is 987. The SMILES string of the molecule is C[n+]1ccc(Cn2ncc(N=Nc3cc([N+](=O)[O-])ccc3Cl)c2N)cc1.[Cl-]. The molecule has 0 bridgehead atoms. The van der Waals surface area contributed by atoms with Crippen LogP contribution in [0.4, 0.5) is 22.9 Å². The zero-order chi connectivity index (χ0) is 18.7. The number of benzene rings is 1. The maximum atomic E-state index is 10.8. The van der Waals surface area contributed by atoms with Crippen molar-refractivity contribution in [1.29, 1.82) is 0 Å². The van der Waals surface area contributed by atoms with Gasteiger partial charge in [-0.05, 0) is 11.6 Å². The number of aromatic nitrogens is 3. The summed E-state index contributed by atoms with van der Waals surface area (Å²) in [7, 11) is 1.93. The molecule has 0 aliphatic carbocycles. The van der Waals surface area contributed by atoms with Crippen LogP contribution < -0.4 is 22.7 Å². The van der Waals surface area contributed by atoms with Crippen LogP contribution in [0.2, 0.25) is 5.02 Å². The molecule has 3 rings (SSSR count). The minimum atomic E-state index is -0.526. The van der Waals surface area contributed by atoms with E-state index in [1.807, 2.05) is 36.1 Å². The molecule has 27 heavy (non-hydrogen) atoms. The first-order chi connectivity index (χ1) is 12.4. The molecule has 0 radical (unpaired) electrons. The van der Waals surface area contributed by atoms with Crippen molar-refractivity contribution in [3.8, 4) is 0 Å². The molecule has 1 aromatic carbocycles. The molecule has 2 N–H and O–H groups in total. The number of rotatable bonds is 5. The number of hydrogen-bond donors (Lipinski definition) is 1. The lowest BCUT2D eigenvalue weighted by Crippen LogP contribution is -3.00. The molecule has 9 nitrogen and oxygen atoms in total. The Labute approximate surface area is 165 Å². The smallest absolute Gasteiger partial charge is 0.271 e. The Morgan fingerprint density at radius 3 is 2.59 bits per heavy atom. The second-order valence-corrected chi connectivity index (χ2v) is 5.94. The summed E-state index contributed by atoms with van der Waals surface area (Å²) in [6.45, 7) is 0.486. The van der Waals surface area contributed by atoms with Crippen molar-refractivity contribution < 1.29 is 21.9 Å². The fourth-order valence-corrected chi connectivity index (χ4v) is 2.35. The molecule has 0 atom stereocenters. The molecule has 0 aliphatic heterocycles. The number of nitro groups is 1. The molecule has 0 unspecified atom stereocenters. The summed E-state index contributed by atoms with van der Waals surface area (Å²) in [6.07, 6.45) is 5.34. The van der Waals surface area contributed by atoms with Gasteiger partial charge in [-0.25, -0.2) is 9.25 Å². The third-order valence-electron chi connectivity index (χ3n) is 3.65.